The minimum atomic E-state index is -0.311. The summed E-state index contributed by atoms with van der Waals surface area (Å²) in [4.78, 5) is 3.29. The number of hydrogen-bond acceptors (Lipinski definition) is 2. The van der Waals surface area contributed by atoms with E-state index in [2.05, 4.69) is 50.9 Å². The van der Waals surface area contributed by atoms with Crippen molar-refractivity contribution in [2.45, 2.75) is 38.9 Å². The fraction of sp³-hybridized carbons (Fsp3) is 0.375. The van der Waals surface area contributed by atoms with Crippen molar-refractivity contribution < 1.29 is 9.31 Å². The van der Waals surface area contributed by atoms with Crippen LogP contribution in [-0.4, -0.2) is 23.3 Å². The number of nitrogens with one attached hydrogen (secondary N) is 1. The van der Waals surface area contributed by atoms with Gasteiger partial charge in [-0.05, 0) is 39.3 Å². The molecule has 0 amide bonds. The highest BCUT2D eigenvalue weighted by Crippen LogP contribution is 2.36. The third-order valence-electron chi connectivity index (χ3n) is 4.32. The van der Waals surface area contributed by atoms with Gasteiger partial charge in [-0.25, -0.2) is 0 Å². The molecule has 4 heteroatoms. The maximum Gasteiger partial charge on any atom is 0.496 e. The molecule has 1 N–H and O–H groups in total. The molecule has 0 atom stereocenters. The van der Waals surface area contributed by atoms with Crippen LogP contribution in [0.1, 0.15) is 27.7 Å². The Hall–Kier alpha value is -1.52. The molecule has 20 heavy (non-hydrogen) atoms. The van der Waals surface area contributed by atoms with Gasteiger partial charge in [0, 0.05) is 17.4 Å². The lowest BCUT2D eigenvalue weighted by molar-refractivity contribution is 0.00578. The molecule has 1 saturated heterocycles. The lowest BCUT2D eigenvalue weighted by Gasteiger charge is -2.32. The Kier molecular flexibility index (Phi) is 3.03. The van der Waals surface area contributed by atoms with Crippen LogP contribution in [0.5, 0.6) is 0 Å². The van der Waals surface area contributed by atoms with Crippen LogP contribution in [0.25, 0.3) is 11.3 Å². The molecule has 1 aromatic carbocycles. The van der Waals surface area contributed by atoms with Crippen LogP contribution in [-0.2, 0) is 9.31 Å². The van der Waals surface area contributed by atoms with E-state index in [0.29, 0.717) is 0 Å². The number of rotatable bonds is 2. The van der Waals surface area contributed by atoms with Crippen molar-refractivity contribution in [1.29, 1.82) is 0 Å². The molecule has 0 unspecified atom stereocenters. The molecule has 0 aliphatic carbocycles. The van der Waals surface area contributed by atoms with Crippen LogP contribution in [0, 0.1) is 0 Å². The standard InChI is InChI=1S/C16H20BNO2/c1-15(2)16(3,4)20-17(19-15)13-10-14(18-11-13)12-8-6-5-7-9-12/h5-11,18H,1-4H3. The summed E-state index contributed by atoms with van der Waals surface area (Å²) in [7, 11) is -0.311. The molecule has 1 aliphatic rings. The molecule has 0 radical (unpaired) electrons. The van der Waals surface area contributed by atoms with Gasteiger partial charge in [0.2, 0.25) is 0 Å². The van der Waals surface area contributed by atoms with Gasteiger partial charge >= 0.3 is 7.12 Å². The monoisotopic (exact) mass is 269 g/mol. The number of aromatic nitrogens is 1. The van der Waals surface area contributed by atoms with Crippen molar-refractivity contribution in [3.05, 3.63) is 42.6 Å². The van der Waals surface area contributed by atoms with Gasteiger partial charge in [0.15, 0.2) is 0 Å². The van der Waals surface area contributed by atoms with Crippen molar-refractivity contribution in [3.8, 4) is 11.3 Å². The van der Waals surface area contributed by atoms with Crippen molar-refractivity contribution in [1.82, 2.24) is 4.98 Å². The Balaban J connectivity index is 1.86. The van der Waals surface area contributed by atoms with Crippen LogP contribution in [0.3, 0.4) is 0 Å². The van der Waals surface area contributed by atoms with E-state index < -0.39 is 0 Å². The Morgan fingerprint density at radius 3 is 2.15 bits per heavy atom. The van der Waals surface area contributed by atoms with Gasteiger partial charge in [0.1, 0.15) is 0 Å². The first kappa shape index (κ1) is 13.5. The summed E-state index contributed by atoms with van der Waals surface area (Å²) in [6, 6.07) is 12.3. The van der Waals surface area contributed by atoms with Crippen molar-refractivity contribution in [2.75, 3.05) is 0 Å². The van der Waals surface area contributed by atoms with Gasteiger partial charge in [-0.3, -0.25) is 0 Å². The zero-order valence-electron chi connectivity index (χ0n) is 12.4. The van der Waals surface area contributed by atoms with Crippen molar-refractivity contribution in [3.63, 3.8) is 0 Å². The summed E-state index contributed by atoms with van der Waals surface area (Å²) in [5.41, 5.74) is 2.66. The molecule has 0 spiro atoms. The second-order valence-electron chi connectivity index (χ2n) is 6.30. The quantitative estimate of drug-likeness (QED) is 0.850. The molecular weight excluding hydrogens is 249 g/mol. The highest BCUT2D eigenvalue weighted by Gasteiger charge is 2.51. The summed E-state index contributed by atoms with van der Waals surface area (Å²) < 4.78 is 12.1. The zero-order chi connectivity index (χ0) is 14.4. The second kappa shape index (κ2) is 4.50. The Morgan fingerprint density at radius 2 is 1.55 bits per heavy atom. The lowest BCUT2D eigenvalue weighted by Crippen LogP contribution is -2.41. The van der Waals surface area contributed by atoms with Gasteiger partial charge in [0.05, 0.1) is 11.2 Å². The smallest absolute Gasteiger partial charge is 0.399 e. The fourth-order valence-corrected chi connectivity index (χ4v) is 2.31. The van der Waals surface area contributed by atoms with E-state index in [9.17, 15) is 0 Å². The number of hydrogen-bond donors (Lipinski definition) is 1. The highest BCUT2D eigenvalue weighted by atomic mass is 16.7. The molecule has 104 valence electrons. The minimum Gasteiger partial charge on any atom is -0.399 e. The number of aromatic amines is 1. The van der Waals surface area contributed by atoms with E-state index in [0.717, 1.165) is 16.7 Å². The maximum atomic E-state index is 6.06. The molecule has 0 bridgehead atoms. The molecule has 1 fully saturated rings. The first-order valence-electron chi connectivity index (χ1n) is 6.98. The average Bonchev–Trinajstić information content (AvgIpc) is 2.94. The van der Waals surface area contributed by atoms with E-state index in [1.54, 1.807) is 0 Å². The predicted molar refractivity (Wildman–Crippen MR) is 81.9 cm³/mol. The van der Waals surface area contributed by atoms with Crippen molar-refractivity contribution in [2.24, 2.45) is 0 Å². The first-order chi connectivity index (χ1) is 9.39. The third kappa shape index (κ3) is 2.19. The SMILES string of the molecule is CC1(C)OB(c2c[nH]c(-c3ccccc3)c2)OC1(C)C. The topological polar surface area (TPSA) is 34.2 Å². The highest BCUT2D eigenvalue weighted by molar-refractivity contribution is 6.62. The summed E-state index contributed by atoms with van der Waals surface area (Å²) in [5.74, 6) is 0. The van der Waals surface area contributed by atoms with Gasteiger partial charge in [-0.1, -0.05) is 30.3 Å². The lowest BCUT2D eigenvalue weighted by atomic mass is 9.81. The number of H-pyrrole nitrogens is 1. The van der Waals surface area contributed by atoms with E-state index in [1.165, 1.54) is 0 Å². The summed E-state index contributed by atoms with van der Waals surface area (Å²) in [6.07, 6.45) is 1.96. The van der Waals surface area contributed by atoms with E-state index in [-0.39, 0.29) is 18.3 Å². The van der Waals surface area contributed by atoms with Crippen LogP contribution < -0.4 is 5.46 Å². The van der Waals surface area contributed by atoms with Crippen LogP contribution >= 0.6 is 0 Å². The molecule has 1 aliphatic heterocycles. The summed E-state index contributed by atoms with van der Waals surface area (Å²) in [6.45, 7) is 8.27. The van der Waals surface area contributed by atoms with Crippen molar-refractivity contribution >= 4 is 12.6 Å². The normalized spacial score (nSPS) is 20.3. The maximum absolute atomic E-state index is 6.06. The van der Waals surface area contributed by atoms with Gasteiger partial charge in [0.25, 0.3) is 0 Å². The zero-order valence-corrected chi connectivity index (χ0v) is 12.4. The molecule has 1 aromatic heterocycles. The molecule has 2 heterocycles. The molecule has 2 aromatic rings. The Labute approximate surface area is 120 Å². The minimum absolute atomic E-state index is 0.304. The van der Waals surface area contributed by atoms with Gasteiger partial charge in [-0.2, -0.15) is 0 Å². The molecule has 3 nitrogen and oxygen atoms in total. The fourth-order valence-electron chi connectivity index (χ4n) is 2.31. The van der Waals surface area contributed by atoms with Crippen LogP contribution in [0.15, 0.2) is 42.6 Å². The largest absolute Gasteiger partial charge is 0.496 e. The van der Waals surface area contributed by atoms with Crippen LogP contribution in [0.2, 0.25) is 0 Å². The Morgan fingerprint density at radius 1 is 0.950 bits per heavy atom. The second-order valence-corrected chi connectivity index (χ2v) is 6.30. The molecule has 3 rings (SSSR count). The van der Waals surface area contributed by atoms with E-state index in [1.807, 2.05) is 24.4 Å². The van der Waals surface area contributed by atoms with Crippen LogP contribution in [0.4, 0.5) is 0 Å². The van der Waals surface area contributed by atoms with E-state index in [4.69, 9.17) is 9.31 Å². The van der Waals surface area contributed by atoms with Gasteiger partial charge in [-0.15, -0.1) is 0 Å². The average molecular weight is 269 g/mol. The molecule has 0 saturated carbocycles. The Bertz CT molecular complexity index is 588. The third-order valence-corrected chi connectivity index (χ3v) is 4.32. The summed E-state index contributed by atoms with van der Waals surface area (Å²) >= 11 is 0. The predicted octanol–water partition coefficient (Wildman–Crippen LogP) is 2.98. The van der Waals surface area contributed by atoms with Gasteiger partial charge < -0.3 is 14.3 Å². The molecular formula is C16H20BNO2. The summed E-state index contributed by atoms with van der Waals surface area (Å²) in [5, 5.41) is 0. The van der Waals surface area contributed by atoms with E-state index >= 15 is 0 Å². The number of benzene rings is 1. The first-order valence-corrected chi connectivity index (χ1v) is 6.98.